The van der Waals surface area contributed by atoms with E-state index in [9.17, 15) is 9.59 Å². The molecule has 1 saturated carbocycles. The number of nitrogens with one attached hydrogen (secondary N) is 1. The number of hydrogen-bond acceptors (Lipinski definition) is 4. The zero-order valence-electron chi connectivity index (χ0n) is 18.4. The van der Waals surface area contributed by atoms with Gasteiger partial charge in [-0.2, -0.15) is 0 Å². The summed E-state index contributed by atoms with van der Waals surface area (Å²) in [5.41, 5.74) is 2.51. The van der Waals surface area contributed by atoms with Crippen molar-refractivity contribution >= 4 is 11.8 Å². The largest absolute Gasteiger partial charge is 0.497 e. The third-order valence-electron chi connectivity index (χ3n) is 6.42. The SMILES string of the molecule is COc1ccc(OC)c(C2CN(C(=O)c3ccccc3C)CC2C(=O)NCC2CC2)c1. The molecule has 2 aliphatic rings. The van der Waals surface area contributed by atoms with Gasteiger partial charge in [-0.15, -0.1) is 0 Å². The van der Waals surface area contributed by atoms with Gasteiger partial charge in [0.05, 0.1) is 20.1 Å². The Balaban J connectivity index is 1.64. The van der Waals surface area contributed by atoms with E-state index in [1.165, 1.54) is 12.8 Å². The highest BCUT2D eigenvalue weighted by molar-refractivity contribution is 5.96. The minimum atomic E-state index is -0.340. The van der Waals surface area contributed by atoms with Crippen molar-refractivity contribution in [3.8, 4) is 11.5 Å². The van der Waals surface area contributed by atoms with Crippen LogP contribution < -0.4 is 14.8 Å². The van der Waals surface area contributed by atoms with Gasteiger partial charge in [-0.3, -0.25) is 9.59 Å². The lowest BCUT2D eigenvalue weighted by atomic mass is 9.87. The molecule has 2 amide bonds. The Labute approximate surface area is 183 Å². The van der Waals surface area contributed by atoms with Gasteiger partial charge in [0.2, 0.25) is 5.91 Å². The van der Waals surface area contributed by atoms with Crippen molar-refractivity contribution in [3.05, 3.63) is 59.2 Å². The van der Waals surface area contributed by atoms with Crippen LogP contribution in [0.3, 0.4) is 0 Å². The number of likely N-dealkylation sites (tertiary alicyclic amines) is 1. The molecule has 0 bridgehead atoms. The molecule has 1 aliphatic carbocycles. The molecule has 31 heavy (non-hydrogen) atoms. The van der Waals surface area contributed by atoms with E-state index in [2.05, 4.69) is 5.32 Å². The van der Waals surface area contributed by atoms with Crippen molar-refractivity contribution < 1.29 is 19.1 Å². The van der Waals surface area contributed by atoms with E-state index < -0.39 is 0 Å². The van der Waals surface area contributed by atoms with Crippen molar-refractivity contribution in [1.82, 2.24) is 10.2 Å². The maximum Gasteiger partial charge on any atom is 0.254 e. The number of methoxy groups -OCH3 is 2. The van der Waals surface area contributed by atoms with Crippen LogP contribution in [0.5, 0.6) is 11.5 Å². The number of carbonyl (C=O) groups is 2. The smallest absolute Gasteiger partial charge is 0.254 e. The minimum absolute atomic E-state index is 0.00172. The second kappa shape index (κ2) is 9.00. The van der Waals surface area contributed by atoms with Crippen LogP contribution in [-0.2, 0) is 4.79 Å². The molecule has 1 N–H and O–H groups in total. The van der Waals surface area contributed by atoms with Crippen molar-refractivity contribution in [2.24, 2.45) is 11.8 Å². The van der Waals surface area contributed by atoms with Gasteiger partial charge in [-0.1, -0.05) is 18.2 Å². The van der Waals surface area contributed by atoms with E-state index in [0.717, 1.165) is 11.1 Å². The number of amides is 2. The van der Waals surface area contributed by atoms with Crippen LogP contribution in [0.1, 0.15) is 40.2 Å². The summed E-state index contributed by atoms with van der Waals surface area (Å²) in [4.78, 5) is 28.3. The van der Waals surface area contributed by atoms with Crippen molar-refractivity contribution in [3.63, 3.8) is 0 Å². The molecule has 6 nitrogen and oxygen atoms in total. The average molecular weight is 423 g/mol. The summed E-state index contributed by atoms with van der Waals surface area (Å²) in [6.07, 6.45) is 2.35. The van der Waals surface area contributed by atoms with E-state index in [-0.39, 0.29) is 23.7 Å². The van der Waals surface area contributed by atoms with Crippen LogP contribution in [0.25, 0.3) is 0 Å². The Hall–Kier alpha value is -3.02. The summed E-state index contributed by atoms with van der Waals surface area (Å²) in [5.74, 6) is 1.46. The number of carbonyl (C=O) groups excluding carboxylic acids is 2. The maximum absolute atomic E-state index is 13.3. The van der Waals surface area contributed by atoms with Crippen LogP contribution >= 0.6 is 0 Å². The van der Waals surface area contributed by atoms with Crippen molar-refractivity contribution in [1.29, 1.82) is 0 Å². The first-order valence-electron chi connectivity index (χ1n) is 10.9. The summed E-state index contributed by atoms with van der Waals surface area (Å²) < 4.78 is 11.0. The van der Waals surface area contributed by atoms with Gasteiger partial charge in [0.1, 0.15) is 11.5 Å². The molecule has 2 fully saturated rings. The van der Waals surface area contributed by atoms with Crippen LogP contribution in [0.4, 0.5) is 0 Å². The number of hydrogen-bond donors (Lipinski definition) is 1. The molecular weight excluding hydrogens is 392 g/mol. The van der Waals surface area contributed by atoms with E-state index in [1.807, 2.05) is 49.4 Å². The molecule has 4 rings (SSSR count). The Bertz CT molecular complexity index is 970. The van der Waals surface area contributed by atoms with E-state index in [1.54, 1.807) is 19.1 Å². The molecule has 1 saturated heterocycles. The Morgan fingerprint density at radius 1 is 1.06 bits per heavy atom. The van der Waals surface area contributed by atoms with Gasteiger partial charge < -0.3 is 19.7 Å². The zero-order valence-corrected chi connectivity index (χ0v) is 18.4. The summed E-state index contributed by atoms with van der Waals surface area (Å²) >= 11 is 0. The first-order valence-corrected chi connectivity index (χ1v) is 10.9. The molecule has 6 heteroatoms. The molecule has 1 aliphatic heterocycles. The summed E-state index contributed by atoms with van der Waals surface area (Å²) in [5, 5.41) is 3.11. The third-order valence-corrected chi connectivity index (χ3v) is 6.42. The van der Waals surface area contributed by atoms with Crippen molar-refractivity contribution in [2.45, 2.75) is 25.7 Å². The van der Waals surface area contributed by atoms with E-state index >= 15 is 0 Å². The van der Waals surface area contributed by atoms with Gasteiger partial charge >= 0.3 is 0 Å². The highest BCUT2D eigenvalue weighted by Crippen LogP contribution is 2.40. The van der Waals surface area contributed by atoms with Gasteiger partial charge in [0.15, 0.2) is 0 Å². The summed E-state index contributed by atoms with van der Waals surface area (Å²) in [6.45, 7) is 3.49. The van der Waals surface area contributed by atoms with Gasteiger partial charge in [0, 0.05) is 36.7 Å². The number of ether oxygens (including phenoxy) is 2. The standard InChI is InChI=1S/C25H30N2O4/c1-16-6-4-5-7-19(16)25(29)27-14-21(20-12-18(30-2)10-11-23(20)31-3)22(15-27)24(28)26-13-17-8-9-17/h4-7,10-12,17,21-22H,8-9,13-15H2,1-3H3,(H,26,28). The predicted octanol–water partition coefficient (Wildman–Crippen LogP) is 3.39. The lowest BCUT2D eigenvalue weighted by Crippen LogP contribution is -2.36. The molecule has 2 aromatic carbocycles. The highest BCUT2D eigenvalue weighted by atomic mass is 16.5. The zero-order chi connectivity index (χ0) is 22.0. The molecule has 2 aromatic rings. The lowest BCUT2D eigenvalue weighted by molar-refractivity contribution is -0.125. The second-order valence-electron chi connectivity index (χ2n) is 8.53. The molecule has 0 radical (unpaired) electrons. The van der Waals surface area contributed by atoms with Crippen LogP contribution in [0.2, 0.25) is 0 Å². The second-order valence-corrected chi connectivity index (χ2v) is 8.53. The third kappa shape index (κ3) is 4.53. The predicted molar refractivity (Wildman–Crippen MR) is 119 cm³/mol. The highest BCUT2D eigenvalue weighted by Gasteiger charge is 2.42. The molecule has 0 aromatic heterocycles. The van der Waals surface area contributed by atoms with Crippen LogP contribution in [0, 0.1) is 18.8 Å². The van der Waals surface area contributed by atoms with E-state index in [4.69, 9.17) is 9.47 Å². The minimum Gasteiger partial charge on any atom is -0.497 e. The summed E-state index contributed by atoms with van der Waals surface area (Å²) in [6, 6.07) is 13.2. The van der Waals surface area contributed by atoms with Gasteiger partial charge in [-0.05, 0) is 55.5 Å². The Morgan fingerprint density at radius 2 is 1.84 bits per heavy atom. The molecule has 1 heterocycles. The normalized spacial score (nSPS) is 20.4. The quantitative estimate of drug-likeness (QED) is 0.743. The number of aryl methyl sites for hydroxylation is 1. The fourth-order valence-electron chi connectivity index (χ4n) is 4.36. The molecular formula is C25H30N2O4. The number of benzene rings is 2. The topological polar surface area (TPSA) is 67.9 Å². The molecule has 2 unspecified atom stereocenters. The molecule has 2 atom stereocenters. The van der Waals surface area contributed by atoms with Crippen LogP contribution in [0.15, 0.2) is 42.5 Å². The average Bonchev–Trinajstić information content (AvgIpc) is 3.52. The van der Waals surface area contributed by atoms with E-state index in [0.29, 0.717) is 42.6 Å². The fourth-order valence-corrected chi connectivity index (χ4v) is 4.36. The van der Waals surface area contributed by atoms with Crippen molar-refractivity contribution in [2.75, 3.05) is 33.9 Å². The number of rotatable bonds is 7. The first kappa shape index (κ1) is 21.2. The molecule has 164 valence electrons. The maximum atomic E-state index is 13.3. The first-order chi connectivity index (χ1) is 15.0. The Morgan fingerprint density at radius 3 is 2.52 bits per heavy atom. The van der Waals surface area contributed by atoms with Crippen LogP contribution in [-0.4, -0.2) is 50.6 Å². The van der Waals surface area contributed by atoms with Gasteiger partial charge in [-0.25, -0.2) is 0 Å². The number of nitrogens with zero attached hydrogens (tertiary/aromatic N) is 1. The monoisotopic (exact) mass is 422 g/mol. The Kier molecular flexibility index (Phi) is 6.16. The molecule has 0 spiro atoms. The van der Waals surface area contributed by atoms with Gasteiger partial charge in [0.25, 0.3) is 5.91 Å². The lowest BCUT2D eigenvalue weighted by Gasteiger charge is -2.21. The summed E-state index contributed by atoms with van der Waals surface area (Å²) in [7, 11) is 3.24. The fraction of sp³-hybridized carbons (Fsp3) is 0.440.